The molecule has 0 saturated carbocycles. The number of anilines is 1. The molecular formula is C16H16N6O2. The fourth-order valence-electron chi connectivity index (χ4n) is 2.14. The number of nitrogens with one attached hydrogen (secondary N) is 2. The number of H-pyrrole nitrogens is 1. The number of hydrogen-bond donors (Lipinski definition) is 2. The van der Waals surface area contributed by atoms with Crippen molar-refractivity contribution in [3.05, 3.63) is 70.9 Å². The average Bonchev–Trinajstić information content (AvgIpc) is 3.14. The molecule has 8 heteroatoms. The monoisotopic (exact) mass is 324 g/mol. The summed E-state index contributed by atoms with van der Waals surface area (Å²) in [6.07, 6.45) is 4.48. The first-order chi connectivity index (χ1) is 11.7. The highest BCUT2D eigenvalue weighted by Crippen LogP contribution is 2.08. The molecule has 0 aliphatic carbocycles. The zero-order valence-corrected chi connectivity index (χ0v) is 13.0. The molecule has 122 valence electrons. The largest absolute Gasteiger partial charge is 0.296 e. The van der Waals surface area contributed by atoms with Crippen LogP contribution in [0, 0.1) is 0 Å². The Balaban J connectivity index is 1.84. The van der Waals surface area contributed by atoms with Crippen molar-refractivity contribution in [3.8, 4) is 5.95 Å². The average molecular weight is 324 g/mol. The van der Waals surface area contributed by atoms with Crippen molar-refractivity contribution in [1.29, 1.82) is 0 Å². The lowest BCUT2D eigenvalue weighted by Crippen LogP contribution is -2.39. The van der Waals surface area contributed by atoms with Crippen LogP contribution >= 0.6 is 0 Å². The normalized spacial score (nSPS) is 10.4. The minimum absolute atomic E-state index is 0.0452. The van der Waals surface area contributed by atoms with Gasteiger partial charge < -0.3 is 0 Å². The summed E-state index contributed by atoms with van der Waals surface area (Å²) in [5.41, 5.74) is 3.17. The maximum atomic E-state index is 12.6. The zero-order valence-electron chi connectivity index (χ0n) is 13.0. The molecule has 2 heterocycles. The van der Waals surface area contributed by atoms with E-state index in [1.807, 2.05) is 37.3 Å². The van der Waals surface area contributed by atoms with Gasteiger partial charge in [0.1, 0.15) is 5.56 Å². The molecule has 0 spiro atoms. The first-order valence-corrected chi connectivity index (χ1v) is 7.42. The zero-order chi connectivity index (χ0) is 16.9. The van der Waals surface area contributed by atoms with Crippen LogP contribution in [0.5, 0.6) is 0 Å². The molecule has 3 aromatic rings. The number of carbonyl (C=O) groups excluding carboxylic acids is 1. The summed E-state index contributed by atoms with van der Waals surface area (Å²) in [5, 5.41) is 5.34. The van der Waals surface area contributed by atoms with Crippen LogP contribution in [0.3, 0.4) is 0 Å². The van der Waals surface area contributed by atoms with Crippen molar-refractivity contribution < 1.29 is 4.79 Å². The first kappa shape index (κ1) is 15.5. The van der Waals surface area contributed by atoms with Crippen molar-refractivity contribution in [1.82, 2.24) is 24.8 Å². The molecule has 0 radical (unpaired) electrons. The Bertz CT molecular complexity index is 873. The molecule has 1 aromatic carbocycles. The Kier molecular flexibility index (Phi) is 4.37. The number of aromatic amines is 1. The van der Waals surface area contributed by atoms with E-state index in [0.717, 1.165) is 5.69 Å². The van der Waals surface area contributed by atoms with Gasteiger partial charge >= 0.3 is 0 Å². The number of para-hydroxylation sites is 1. The van der Waals surface area contributed by atoms with Gasteiger partial charge in [-0.05, 0) is 25.1 Å². The van der Waals surface area contributed by atoms with E-state index < -0.39 is 11.5 Å². The van der Waals surface area contributed by atoms with Gasteiger partial charge in [-0.3, -0.25) is 25.0 Å². The van der Waals surface area contributed by atoms with E-state index in [-0.39, 0.29) is 11.5 Å². The van der Waals surface area contributed by atoms with Gasteiger partial charge in [-0.1, -0.05) is 18.2 Å². The number of hydrazine groups is 1. The van der Waals surface area contributed by atoms with Crippen LogP contribution < -0.4 is 11.0 Å². The second kappa shape index (κ2) is 6.78. The highest BCUT2D eigenvalue weighted by molar-refractivity contribution is 5.94. The fourth-order valence-corrected chi connectivity index (χ4v) is 2.14. The van der Waals surface area contributed by atoms with Gasteiger partial charge in [-0.15, -0.1) is 0 Å². The van der Waals surface area contributed by atoms with Crippen LogP contribution in [0.4, 0.5) is 5.69 Å². The Morgan fingerprint density at radius 1 is 1.29 bits per heavy atom. The molecule has 0 saturated heterocycles. The van der Waals surface area contributed by atoms with Gasteiger partial charge in [-0.2, -0.15) is 5.10 Å². The van der Waals surface area contributed by atoms with E-state index in [2.05, 4.69) is 20.5 Å². The minimum Gasteiger partial charge on any atom is -0.296 e. The molecular weight excluding hydrogens is 308 g/mol. The fraction of sp³-hybridized carbons (Fsp3) is 0.125. The number of rotatable bonds is 5. The second-order valence-electron chi connectivity index (χ2n) is 4.93. The highest BCUT2D eigenvalue weighted by Gasteiger charge is 2.19. The molecule has 0 bridgehead atoms. The summed E-state index contributed by atoms with van der Waals surface area (Å²) < 4.78 is 1.41. The molecule has 0 aliphatic rings. The molecule has 2 N–H and O–H groups in total. The molecule has 0 unspecified atom stereocenters. The Hall–Kier alpha value is -3.42. The van der Waals surface area contributed by atoms with Gasteiger partial charge in [0, 0.05) is 25.1 Å². The number of benzene rings is 1. The smallest absolute Gasteiger partial charge is 0.279 e. The number of aromatic nitrogens is 4. The van der Waals surface area contributed by atoms with E-state index in [1.165, 1.54) is 15.9 Å². The van der Waals surface area contributed by atoms with Crippen LogP contribution in [0.25, 0.3) is 5.95 Å². The van der Waals surface area contributed by atoms with Gasteiger partial charge in [0.15, 0.2) is 0 Å². The van der Waals surface area contributed by atoms with Gasteiger partial charge in [0.25, 0.3) is 11.5 Å². The van der Waals surface area contributed by atoms with Crippen molar-refractivity contribution in [2.45, 2.75) is 6.92 Å². The Morgan fingerprint density at radius 3 is 2.71 bits per heavy atom. The predicted octanol–water partition coefficient (Wildman–Crippen LogP) is 1.44. The second-order valence-corrected chi connectivity index (χ2v) is 4.93. The molecule has 8 nitrogen and oxygen atoms in total. The van der Waals surface area contributed by atoms with Crippen molar-refractivity contribution in [2.24, 2.45) is 0 Å². The lowest BCUT2D eigenvalue weighted by molar-refractivity contribution is 0.0798. The third-order valence-corrected chi connectivity index (χ3v) is 3.34. The van der Waals surface area contributed by atoms with E-state index in [0.29, 0.717) is 6.54 Å². The third-order valence-electron chi connectivity index (χ3n) is 3.34. The van der Waals surface area contributed by atoms with Crippen LogP contribution in [0.15, 0.2) is 59.8 Å². The topological polar surface area (TPSA) is 95.9 Å². The van der Waals surface area contributed by atoms with Gasteiger partial charge in [0.2, 0.25) is 5.95 Å². The maximum absolute atomic E-state index is 12.6. The summed E-state index contributed by atoms with van der Waals surface area (Å²) >= 11 is 0. The number of nitrogens with zero attached hydrogens (tertiary/aromatic N) is 4. The van der Waals surface area contributed by atoms with Gasteiger partial charge in [-0.25, -0.2) is 9.67 Å². The SMILES string of the molecule is CCN(Nc1ccccc1)C(=O)c1cnc(-n2cccn2)[nH]c1=O. The van der Waals surface area contributed by atoms with E-state index in [9.17, 15) is 9.59 Å². The highest BCUT2D eigenvalue weighted by atomic mass is 16.2. The lowest BCUT2D eigenvalue weighted by Gasteiger charge is -2.22. The molecule has 0 fully saturated rings. The van der Waals surface area contributed by atoms with Crippen LogP contribution in [0.2, 0.25) is 0 Å². The third kappa shape index (κ3) is 3.17. The minimum atomic E-state index is -0.520. The summed E-state index contributed by atoms with van der Waals surface area (Å²) in [5.74, 6) is -0.206. The van der Waals surface area contributed by atoms with E-state index >= 15 is 0 Å². The molecule has 3 rings (SSSR count). The van der Waals surface area contributed by atoms with E-state index in [4.69, 9.17) is 0 Å². The van der Waals surface area contributed by atoms with Gasteiger partial charge in [0.05, 0.1) is 5.69 Å². The Morgan fingerprint density at radius 2 is 2.08 bits per heavy atom. The maximum Gasteiger partial charge on any atom is 0.279 e. The summed E-state index contributed by atoms with van der Waals surface area (Å²) in [7, 11) is 0. The van der Waals surface area contributed by atoms with Crippen LogP contribution in [-0.4, -0.2) is 37.2 Å². The Labute approximate surface area is 137 Å². The standard InChI is InChI=1S/C16H16N6O2/c1-2-21(20-12-7-4-3-5-8-12)15(24)13-11-17-16(19-14(13)23)22-10-6-9-18-22/h3-11,20H,2H2,1H3,(H,17,19,23). The summed E-state index contributed by atoms with van der Waals surface area (Å²) in [6.45, 7) is 2.20. The molecule has 1 amide bonds. The van der Waals surface area contributed by atoms with E-state index in [1.54, 1.807) is 18.5 Å². The predicted molar refractivity (Wildman–Crippen MR) is 88.8 cm³/mol. The first-order valence-electron chi connectivity index (χ1n) is 7.42. The summed E-state index contributed by atoms with van der Waals surface area (Å²) in [6, 6.07) is 11.0. The molecule has 24 heavy (non-hydrogen) atoms. The van der Waals surface area contributed by atoms with Crippen molar-refractivity contribution in [2.75, 3.05) is 12.0 Å². The number of hydrogen-bond acceptors (Lipinski definition) is 5. The van der Waals surface area contributed by atoms with Crippen LogP contribution in [-0.2, 0) is 0 Å². The van der Waals surface area contributed by atoms with Crippen molar-refractivity contribution in [3.63, 3.8) is 0 Å². The molecule has 0 atom stereocenters. The quantitative estimate of drug-likeness (QED) is 0.692. The lowest BCUT2D eigenvalue weighted by atomic mass is 10.3. The molecule has 0 aliphatic heterocycles. The van der Waals surface area contributed by atoms with Crippen LogP contribution in [0.1, 0.15) is 17.3 Å². The molecule has 2 aromatic heterocycles. The number of carbonyl (C=O) groups is 1. The summed E-state index contributed by atoms with van der Waals surface area (Å²) in [4.78, 5) is 31.5. The van der Waals surface area contributed by atoms with Crippen molar-refractivity contribution >= 4 is 11.6 Å². The number of amides is 1.